The SMILES string of the molecule is CC(C)(C)OC(=O)N1CCN(C(=O)C2CC2C(=O)O)CC1. The minimum absolute atomic E-state index is 0.105. The average molecular weight is 298 g/mol. The molecule has 2 amide bonds. The van der Waals surface area contributed by atoms with Crippen LogP contribution in [-0.4, -0.2) is 64.7 Å². The summed E-state index contributed by atoms with van der Waals surface area (Å²) in [5.41, 5.74) is -0.535. The fraction of sp³-hybridized carbons (Fsp3) is 0.786. The number of hydrogen-bond acceptors (Lipinski definition) is 4. The number of amides is 2. The molecule has 1 N–H and O–H groups in total. The standard InChI is InChI=1S/C14H22N2O5/c1-14(2,3)21-13(20)16-6-4-15(5-7-16)11(17)9-8-10(9)12(18)19/h9-10H,4-8H2,1-3H3,(H,18,19). The smallest absolute Gasteiger partial charge is 0.410 e. The van der Waals surface area contributed by atoms with Gasteiger partial charge in [-0.1, -0.05) is 0 Å². The fourth-order valence-electron chi connectivity index (χ4n) is 2.41. The maximum absolute atomic E-state index is 12.1. The van der Waals surface area contributed by atoms with Crippen molar-refractivity contribution in [3.05, 3.63) is 0 Å². The first-order chi connectivity index (χ1) is 9.69. The molecule has 1 aliphatic carbocycles. The maximum atomic E-state index is 12.1. The van der Waals surface area contributed by atoms with E-state index < -0.39 is 17.5 Å². The largest absolute Gasteiger partial charge is 0.481 e. The van der Waals surface area contributed by atoms with Gasteiger partial charge in [0.05, 0.1) is 11.8 Å². The molecule has 2 atom stereocenters. The van der Waals surface area contributed by atoms with Crippen LogP contribution in [-0.2, 0) is 14.3 Å². The predicted octanol–water partition coefficient (Wildman–Crippen LogP) is 0.786. The molecule has 0 aromatic heterocycles. The second-order valence-corrected chi connectivity index (χ2v) is 6.58. The van der Waals surface area contributed by atoms with Gasteiger partial charge >= 0.3 is 12.1 Å². The van der Waals surface area contributed by atoms with Crippen molar-refractivity contribution < 1.29 is 24.2 Å². The lowest BCUT2D eigenvalue weighted by Crippen LogP contribution is -2.52. The molecule has 0 radical (unpaired) electrons. The van der Waals surface area contributed by atoms with Gasteiger partial charge in [-0.3, -0.25) is 9.59 Å². The van der Waals surface area contributed by atoms with Gasteiger partial charge in [0, 0.05) is 26.2 Å². The van der Waals surface area contributed by atoms with Crippen LogP contribution in [0.5, 0.6) is 0 Å². The molecular weight excluding hydrogens is 276 g/mol. The van der Waals surface area contributed by atoms with E-state index in [1.807, 2.05) is 20.8 Å². The van der Waals surface area contributed by atoms with Gasteiger partial charge in [0.15, 0.2) is 0 Å². The van der Waals surface area contributed by atoms with E-state index in [0.29, 0.717) is 32.6 Å². The Bertz CT molecular complexity index is 449. The zero-order valence-electron chi connectivity index (χ0n) is 12.7. The number of carboxylic acids is 1. The number of hydrogen-bond donors (Lipinski definition) is 1. The highest BCUT2D eigenvalue weighted by Crippen LogP contribution is 2.40. The normalized spacial score (nSPS) is 25.5. The minimum Gasteiger partial charge on any atom is -0.481 e. The number of carbonyl (C=O) groups is 3. The van der Waals surface area contributed by atoms with Gasteiger partial charge < -0.3 is 19.6 Å². The summed E-state index contributed by atoms with van der Waals surface area (Å²) < 4.78 is 5.29. The summed E-state index contributed by atoms with van der Waals surface area (Å²) in [4.78, 5) is 38.0. The first-order valence-corrected chi connectivity index (χ1v) is 7.18. The second kappa shape index (κ2) is 5.54. The Balaban J connectivity index is 1.80. The molecule has 1 aliphatic heterocycles. The highest BCUT2D eigenvalue weighted by atomic mass is 16.6. The molecule has 7 heteroatoms. The van der Waals surface area contributed by atoms with Gasteiger partial charge in [-0.25, -0.2) is 4.79 Å². The van der Waals surface area contributed by atoms with E-state index in [9.17, 15) is 14.4 Å². The first kappa shape index (κ1) is 15.6. The lowest BCUT2D eigenvalue weighted by molar-refractivity contribution is -0.142. The fourth-order valence-corrected chi connectivity index (χ4v) is 2.41. The average Bonchev–Trinajstić information content (AvgIpc) is 3.16. The summed E-state index contributed by atoms with van der Waals surface area (Å²) in [7, 11) is 0. The maximum Gasteiger partial charge on any atom is 0.410 e. The number of nitrogens with zero attached hydrogens (tertiary/aromatic N) is 2. The molecular formula is C14H22N2O5. The second-order valence-electron chi connectivity index (χ2n) is 6.58. The van der Waals surface area contributed by atoms with Crippen LogP contribution >= 0.6 is 0 Å². The van der Waals surface area contributed by atoms with E-state index >= 15 is 0 Å². The molecule has 1 heterocycles. The molecule has 21 heavy (non-hydrogen) atoms. The van der Waals surface area contributed by atoms with Crippen molar-refractivity contribution in [3.8, 4) is 0 Å². The Hall–Kier alpha value is -1.79. The van der Waals surface area contributed by atoms with Crippen molar-refractivity contribution >= 4 is 18.0 Å². The lowest BCUT2D eigenvalue weighted by Gasteiger charge is -2.35. The van der Waals surface area contributed by atoms with Gasteiger partial charge in [-0.2, -0.15) is 0 Å². The van der Waals surface area contributed by atoms with Gasteiger partial charge in [0.25, 0.3) is 0 Å². The highest BCUT2D eigenvalue weighted by Gasteiger charge is 2.50. The van der Waals surface area contributed by atoms with Crippen molar-refractivity contribution in [2.75, 3.05) is 26.2 Å². The molecule has 118 valence electrons. The third-order valence-corrected chi connectivity index (χ3v) is 3.67. The summed E-state index contributed by atoms with van der Waals surface area (Å²) in [5, 5.41) is 8.85. The van der Waals surface area contributed by atoms with Crippen LogP contribution in [0.4, 0.5) is 4.79 Å². The van der Waals surface area contributed by atoms with E-state index in [2.05, 4.69) is 0 Å². The third kappa shape index (κ3) is 3.86. The topological polar surface area (TPSA) is 87.2 Å². The van der Waals surface area contributed by atoms with E-state index in [1.165, 1.54) is 0 Å². The van der Waals surface area contributed by atoms with Gasteiger partial charge in [0.1, 0.15) is 5.60 Å². The summed E-state index contributed by atoms with van der Waals surface area (Å²) in [6.45, 7) is 7.13. The molecule has 2 unspecified atom stereocenters. The Morgan fingerprint density at radius 3 is 1.95 bits per heavy atom. The molecule has 0 bridgehead atoms. The summed E-state index contributed by atoms with van der Waals surface area (Å²) in [5.74, 6) is -1.91. The number of ether oxygens (including phenoxy) is 1. The summed E-state index contributed by atoms with van der Waals surface area (Å²) >= 11 is 0. The quantitative estimate of drug-likeness (QED) is 0.814. The van der Waals surface area contributed by atoms with Crippen molar-refractivity contribution in [3.63, 3.8) is 0 Å². The molecule has 2 fully saturated rings. The van der Waals surface area contributed by atoms with Gasteiger partial charge in [-0.05, 0) is 27.2 Å². The predicted molar refractivity (Wildman–Crippen MR) is 73.6 cm³/mol. The van der Waals surface area contributed by atoms with Crippen LogP contribution < -0.4 is 0 Å². The molecule has 2 rings (SSSR count). The van der Waals surface area contributed by atoms with Crippen LogP contribution in [0.25, 0.3) is 0 Å². The zero-order valence-corrected chi connectivity index (χ0v) is 12.7. The molecule has 1 saturated heterocycles. The number of carboxylic acid groups (broad SMARTS) is 1. The summed E-state index contributed by atoms with van der Waals surface area (Å²) in [6.07, 6.45) is 0.0601. The molecule has 2 aliphatic rings. The van der Waals surface area contributed by atoms with Crippen LogP contribution in [0, 0.1) is 11.8 Å². The van der Waals surface area contributed by atoms with Crippen LogP contribution in [0.2, 0.25) is 0 Å². The van der Waals surface area contributed by atoms with E-state index in [0.717, 1.165) is 0 Å². The zero-order chi connectivity index (χ0) is 15.8. The Labute approximate surface area is 123 Å². The van der Waals surface area contributed by atoms with Gasteiger partial charge in [-0.15, -0.1) is 0 Å². The van der Waals surface area contributed by atoms with Crippen molar-refractivity contribution in [2.24, 2.45) is 11.8 Å². The van der Waals surface area contributed by atoms with Crippen LogP contribution in [0.3, 0.4) is 0 Å². The van der Waals surface area contributed by atoms with E-state index in [4.69, 9.17) is 9.84 Å². The van der Waals surface area contributed by atoms with E-state index in [-0.39, 0.29) is 17.9 Å². The third-order valence-electron chi connectivity index (χ3n) is 3.67. The Morgan fingerprint density at radius 1 is 1.00 bits per heavy atom. The van der Waals surface area contributed by atoms with E-state index in [1.54, 1.807) is 9.80 Å². The summed E-state index contributed by atoms with van der Waals surface area (Å²) in [6, 6.07) is 0. The van der Waals surface area contributed by atoms with Crippen molar-refractivity contribution in [1.82, 2.24) is 9.80 Å². The highest BCUT2D eigenvalue weighted by molar-refractivity contribution is 5.89. The Morgan fingerprint density at radius 2 is 1.52 bits per heavy atom. The van der Waals surface area contributed by atoms with Crippen LogP contribution in [0.15, 0.2) is 0 Å². The molecule has 0 spiro atoms. The number of aliphatic carboxylic acids is 1. The molecule has 0 aromatic rings. The minimum atomic E-state index is -0.902. The number of rotatable bonds is 2. The van der Waals surface area contributed by atoms with Gasteiger partial charge in [0.2, 0.25) is 5.91 Å². The number of piperazine rings is 1. The Kier molecular flexibility index (Phi) is 4.11. The first-order valence-electron chi connectivity index (χ1n) is 7.18. The van der Waals surface area contributed by atoms with Crippen molar-refractivity contribution in [2.45, 2.75) is 32.8 Å². The molecule has 7 nitrogen and oxygen atoms in total. The molecule has 1 saturated carbocycles. The monoisotopic (exact) mass is 298 g/mol. The number of carbonyl (C=O) groups excluding carboxylic acids is 2. The van der Waals surface area contributed by atoms with Crippen molar-refractivity contribution in [1.29, 1.82) is 0 Å². The lowest BCUT2D eigenvalue weighted by atomic mass is 10.2. The van der Waals surface area contributed by atoms with Crippen LogP contribution in [0.1, 0.15) is 27.2 Å². The molecule has 0 aromatic carbocycles.